The van der Waals surface area contributed by atoms with Gasteiger partial charge in [-0.15, -0.1) is 11.8 Å². The topological polar surface area (TPSA) is 58.6 Å². The van der Waals surface area contributed by atoms with Gasteiger partial charge in [0, 0.05) is 4.90 Å². The number of oxime groups is 1. The summed E-state index contributed by atoms with van der Waals surface area (Å²) in [7, 11) is 0. The summed E-state index contributed by atoms with van der Waals surface area (Å²) in [5.74, 6) is -0.169. The van der Waals surface area contributed by atoms with Crippen LogP contribution in [0.25, 0.3) is 0 Å². The monoisotopic (exact) mass is 228 g/mol. The minimum absolute atomic E-state index is 0.116. The largest absolute Gasteiger partial charge is 0.409 e. The van der Waals surface area contributed by atoms with Gasteiger partial charge in [0.1, 0.15) is 5.82 Å². The van der Waals surface area contributed by atoms with Crippen molar-refractivity contribution < 1.29 is 9.60 Å². The summed E-state index contributed by atoms with van der Waals surface area (Å²) in [5.41, 5.74) is 5.48. The van der Waals surface area contributed by atoms with Gasteiger partial charge in [-0.25, -0.2) is 4.39 Å². The van der Waals surface area contributed by atoms with Crippen molar-refractivity contribution in [2.24, 2.45) is 10.9 Å². The Labute approximate surface area is 92.2 Å². The van der Waals surface area contributed by atoms with Crippen LogP contribution in [0.1, 0.15) is 13.3 Å². The van der Waals surface area contributed by atoms with Gasteiger partial charge < -0.3 is 10.9 Å². The van der Waals surface area contributed by atoms with Crippen molar-refractivity contribution in [2.75, 3.05) is 0 Å². The average Bonchev–Trinajstić information content (AvgIpc) is 2.27. The highest BCUT2D eigenvalue weighted by Gasteiger charge is 2.15. The lowest BCUT2D eigenvalue weighted by Crippen LogP contribution is -2.25. The molecule has 1 atom stereocenters. The van der Waals surface area contributed by atoms with Crippen molar-refractivity contribution in [2.45, 2.75) is 23.5 Å². The Morgan fingerprint density at radius 3 is 2.80 bits per heavy atom. The van der Waals surface area contributed by atoms with Gasteiger partial charge in [0.25, 0.3) is 0 Å². The van der Waals surface area contributed by atoms with E-state index in [0.717, 1.165) is 0 Å². The van der Waals surface area contributed by atoms with Gasteiger partial charge in [0.05, 0.1) is 5.25 Å². The zero-order chi connectivity index (χ0) is 11.3. The van der Waals surface area contributed by atoms with Crippen LogP contribution in [0.5, 0.6) is 0 Å². The van der Waals surface area contributed by atoms with E-state index in [1.54, 1.807) is 18.2 Å². The van der Waals surface area contributed by atoms with E-state index in [1.807, 2.05) is 6.92 Å². The van der Waals surface area contributed by atoms with Crippen LogP contribution in [-0.4, -0.2) is 16.3 Å². The first-order valence-electron chi connectivity index (χ1n) is 4.57. The molecule has 0 heterocycles. The average molecular weight is 228 g/mol. The maximum absolute atomic E-state index is 13.3. The van der Waals surface area contributed by atoms with Gasteiger partial charge in [0.2, 0.25) is 0 Å². The molecule has 0 spiro atoms. The standard InChI is InChI=1S/C10H13FN2OS/c1-2-8(10(12)13-14)15-9-6-4-3-5-7(9)11/h3-6,8,14H,2H2,1H3,(H2,12,13). The molecule has 0 amide bonds. The van der Waals surface area contributed by atoms with Crippen LogP contribution >= 0.6 is 11.8 Å². The highest BCUT2D eigenvalue weighted by molar-refractivity contribution is 8.00. The van der Waals surface area contributed by atoms with E-state index in [0.29, 0.717) is 11.3 Å². The molecule has 1 aromatic carbocycles. The van der Waals surface area contributed by atoms with Gasteiger partial charge in [-0.3, -0.25) is 0 Å². The van der Waals surface area contributed by atoms with E-state index in [-0.39, 0.29) is 16.9 Å². The Morgan fingerprint density at radius 1 is 1.60 bits per heavy atom. The second kappa shape index (κ2) is 5.60. The summed E-state index contributed by atoms with van der Waals surface area (Å²) in [6, 6.07) is 6.45. The molecule has 1 rings (SSSR count). The number of hydrogen-bond acceptors (Lipinski definition) is 3. The van der Waals surface area contributed by atoms with Crippen LogP contribution in [0, 0.1) is 5.82 Å². The Morgan fingerprint density at radius 2 is 2.27 bits per heavy atom. The van der Waals surface area contributed by atoms with Gasteiger partial charge in [-0.05, 0) is 18.6 Å². The Kier molecular flexibility index (Phi) is 4.42. The predicted octanol–water partition coefficient (Wildman–Crippen LogP) is 2.44. The normalized spacial score (nSPS) is 13.9. The summed E-state index contributed by atoms with van der Waals surface area (Å²) in [5, 5.41) is 11.3. The number of benzene rings is 1. The van der Waals surface area contributed by atoms with Crippen molar-refractivity contribution in [3.05, 3.63) is 30.1 Å². The molecule has 0 aliphatic heterocycles. The summed E-state index contributed by atoms with van der Waals surface area (Å²) >= 11 is 1.26. The second-order valence-corrected chi connectivity index (χ2v) is 4.21. The third kappa shape index (κ3) is 3.13. The molecule has 15 heavy (non-hydrogen) atoms. The lowest BCUT2D eigenvalue weighted by atomic mass is 10.3. The molecule has 0 fully saturated rings. The molecular formula is C10H13FN2OS. The summed E-state index contributed by atoms with van der Waals surface area (Å²) in [6.45, 7) is 1.90. The lowest BCUT2D eigenvalue weighted by molar-refractivity contribution is 0.317. The molecule has 0 bridgehead atoms. The number of rotatable bonds is 4. The van der Waals surface area contributed by atoms with Crippen LogP contribution < -0.4 is 5.73 Å². The van der Waals surface area contributed by atoms with Crippen LogP contribution in [0.2, 0.25) is 0 Å². The zero-order valence-electron chi connectivity index (χ0n) is 8.35. The van der Waals surface area contributed by atoms with Gasteiger partial charge in [0.15, 0.2) is 5.84 Å². The van der Waals surface area contributed by atoms with Crippen LogP contribution in [0.15, 0.2) is 34.3 Å². The molecule has 82 valence electrons. The molecule has 1 unspecified atom stereocenters. The minimum Gasteiger partial charge on any atom is -0.409 e. The maximum atomic E-state index is 13.3. The molecule has 3 N–H and O–H groups in total. The first-order valence-corrected chi connectivity index (χ1v) is 5.45. The molecule has 0 aliphatic carbocycles. The number of hydrogen-bond donors (Lipinski definition) is 2. The Bertz CT molecular complexity index is 357. The summed E-state index contributed by atoms with van der Waals surface area (Å²) in [4.78, 5) is 0.510. The third-order valence-electron chi connectivity index (χ3n) is 1.92. The van der Waals surface area contributed by atoms with Crippen molar-refractivity contribution in [3.63, 3.8) is 0 Å². The third-order valence-corrected chi connectivity index (χ3v) is 3.37. The smallest absolute Gasteiger partial charge is 0.152 e. The van der Waals surface area contributed by atoms with Crippen LogP contribution in [0.4, 0.5) is 4.39 Å². The molecule has 0 radical (unpaired) electrons. The first-order chi connectivity index (χ1) is 7.19. The molecule has 5 heteroatoms. The van der Waals surface area contributed by atoms with E-state index in [2.05, 4.69) is 5.16 Å². The summed E-state index contributed by atoms with van der Waals surface area (Å²) < 4.78 is 13.3. The highest BCUT2D eigenvalue weighted by Crippen LogP contribution is 2.27. The lowest BCUT2D eigenvalue weighted by Gasteiger charge is -2.12. The van der Waals surface area contributed by atoms with E-state index in [1.165, 1.54) is 17.8 Å². The maximum Gasteiger partial charge on any atom is 0.152 e. The number of halogens is 1. The summed E-state index contributed by atoms with van der Waals surface area (Å²) in [6.07, 6.45) is 0.675. The van der Waals surface area contributed by atoms with E-state index in [4.69, 9.17) is 10.9 Å². The van der Waals surface area contributed by atoms with Gasteiger partial charge >= 0.3 is 0 Å². The quantitative estimate of drug-likeness (QED) is 0.273. The fourth-order valence-electron chi connectivity index (χ4n) is 1.11. The number of amidine groups is 1. The van der Waals surface area contributed by atoms with Crippen LogP contribution in [-0.2, 0) is 0 Å². The fourth-order valence-corrected chi connectivity index (χ4v) is 2.09. The van der Waals surface area contributed by atoms with Crippen molar-refractivity contribution in [1.29, 1.82) is 0 Å². The Balaban J connectivity index is 2.80. The van der Waals surface area contributed by atoms with Crippen molar-refractivity contribution >= 4 is 17.6 Å². The number of nitrogens with zero attached hydrogens (tertiary/aromatic N) is 1. The molecule has 3 nitrogen and oxygen atoms in total. The number of thioether (sulfide) groups is 1. The zero-order valence-corrected chi connectivity index (χ0v) is 9.17. The molecule has 1 aromatic rings. The van der Waals surface area contributed by atoms with E-state index in [9.17, 15) is 4.39 Å². The van der Waals surface area contributed by atoms with Gasteiger partial charge in [-0.2, -0.15) is 0 Å². The molecule has 0 saturated carbocycles. The van der Waals surface area contributed by atoms with Crippen LogP contribution in [0.3, 0.4) is 0 Å². The Hall–Kier alpha value is -1.23. The van der Waals surface area contributed by atoms with Gasteiger partial charge in [-0.1, -0.05) is 24.2 Å². The molecule has 0 aromatic heterocycles. The SMILES string of the molecule is CCC(Sc1ccccc1F)C(N)=NO. The molecule has 0 saturated heterocycles. The van der Waals surface area contributed by atoms with Crippen molar-refractivity contribution in [3.8, 4) is 0 Å². The fraction of sp³-hybridized carbons (Fsp3) is 0.300. The molecular weight excluding hydrogens is 215 g/mol. The van der Waals surface area contributed by atoms with E-state index < -0.39 is 0 Å². The molecule has 0 aliphatic rings. The number of nitrogens with two attached hydrogens (primary N) is 1. The first kappa shape index (κ1) is 11.8. The van der Waals surface area contributed by atoms with E-state index >= 15 is 0 Å². The highest BCUT2D eigenvalue weighted by atomic mass is 32.2. The minimum atomic E-state index is -0.285. The van der Waals surface area contributed by atoms with Crippen molar-refractivity contribution in [1.82, 2.24) is 0 Å². The second-order valence-electron chi connectivity index (χ2n) is 2.97. The predicted molar refractivity (Wildman–Crippen MR) is 59.7 cm³/mol.